The molecule has 0 saturated carbocycles. The average molecular weight is 417 g/mol. The van der Waals surface area contributed by atoms with Gasteiger partial charge >= 0.3 is 0 Å². The second kappa shape index (κ2) is 9.65. The maximum absolute atomic E-state index is 13.0. The van der Waals surface area contributed by atoms with Gasteiger partial charge in [-0.15, -0.1) is 0 Å². The van der Waals surface area contributed by atoms with Crippen LogP contribution in [-0.4, -0.2) is 36.9 Å². The Bertz CT molecular complexity index is 1070. The van der Waals surface area contributed by atoms with Gasteiger partial charge < -0.3 is 15.0 Å². The van der Waals surface area contributed by atoms with Crippen LogP contribution < -0.4 is 10.1 Å². The summed E-state index contributed by atoms with van der Waals surface area (Å²) in [5.41, 5.74) is 1.98. The Kier molecular flexibility index (Phi) is 6.51. The van der Waals surface area contributed by atoms with Gasteiger partial charge in [0, 0.05) is 25.2 Å². The van der Waals surface area contributed by atoms with Crippen LogP contribution in [0.1, 0.15) is 24.0 Å². The minimum atomic E-state index is -0.181. The fourth-order valence-electron chi connectivity index (χ4n) is 4.31. The molecule has 0 bridgehead atoms. The summed E-state index contributed by atoms with van der Waals surface area (Å²) < 4.78 is 5.35. The molecule has 1 aliphatic rings. The van der Waals surface area contributed by atoms with Gasteiger partial charge in [-0.2, -0.15) is 0 Å². The number of nitrogens with one attached hydrogen (secondary N) is 1. The van der Waals surface area contributed by atoms with Crippen LogP contribution in [0.25, 0.3) is 10.8 Å². The Labute approximate surface area is 183 Å². The van der Waals surface area contributed by atoms with Crippen molar-refractivity contribution in [1.82, 2.24) is 10.2 Å². The van der Waals surface area contributed by atoms with Crippen LogP contribution in [0.5, 0.6) is 5.75 Å². The average Bonchev–Trinajstić information content (AvgIpc) is 2.83. The highest BCUT2D eigenvalue weighted by Gasteiger charge is 2.28. The molecule has 0 spiro atoms. The van der Waals surface area contributed by atoms with E-state index in [1.807, 2.05) is 53.4 Å². The van der Waals surface area contributed by atoms with Crippen LogP contribution in [0.4, 0.5) is 0 Å². The molecule has 4 rings (SSSR count). The van der Waals surface area contributed by atoms with E-state index in [0.29, 0.717) is 26.1 Å². The van der Waals surface area contributed by atoms with Crippen molar-refractivity contribution >= 4 is 22.6 Å². The number of hydrogen-bond acceptors (Lipinski definition) is 3. The minimum Gasteiger partial charge on any atom is -0.496 e. The number of ether oxygens (including phenoxy) is 1. The molecule has 0 unspecified atom stereocenters. The number of amides is 2. The largest absolute Gasteiger partial charge is 0.496 e. The minimum absolute atomic E-state index is 0.00596. The second-order valence-corrected chi connectivity index (χ2v) is 8.02. The molecule has 5 nitrogen and oxygen atoms in total. The molecule has 1 saturated heterocycles. The molecule has 1 aliphatic heterocycles. The molecule has 1 atom stereocenters. The molecule has 3 aromatic rings. The SMILES string of the molecule is COc1ccccc1CNC(=O)[C@H]1CCCN(C(=O)Cc2cccc3ccccc23)C1. The Morgan fingerprint density at radius 2 is 1.74 bits per heavy atom. The summed E-state index contributed by atoms with van der Waals surface area (Å²) in [5.74, 6) is 0.658. The smallest absolute Gasteiger partial charge is 0.227 e. The van der Waals surface area contributed by atoms with E-state index in [1.54, 1.807) is 7.11 Å². The first kappa shape index (κ1) is 20.9. The van der Waals surface area contributed by atoms with Gasteiger partial charge in [0.1, 0.15) is 5.75 Å². The fraction of sp³-hybridized carbons (Fsp3) is 0.308. The molecule has 1 heterocycles. The van der Waals surface area contributed by atoms with Crippen molar-refractivity contribution in [2.75, 3.05) is 20.2 Å². The highest BCUT2D eigenvalue weighted by Crippen LogP contribution is 2.22. The lowest BCUT2D eigenvalue weighted by Gasteiger charge is -2.32. The molecule has 1 fully saturated rings. The van der Waals surface area contributed by atoms with E-state index in [2.05, 4.69) is 23.5 Å². The molecule has 160 valence electrons. The highest BCUT2D eigenvalue weighted by atomic mass is 16.5. The number of para-hydroxylation sites is 1. The number of carbonyl (C=O) groups is 2. The molecule has 1 N–H and O–H groups in total. The molecule has 3 aromatic carbocycles. The van der Waals surface area contributed by atoms with E-state index in [9.17, 15) is 9.59 Å². The first-order valence-corrected chi connectivity index (χ1v) is 10.8. The van der Waals surface area contributed by atoms with Crippen molar-refractivity contribution in [1.29, 1.82) is 0 Å². The van der Waals surface area contributed by atoms with Gasteiger partial charge in [0.15, 0.2) is 0 Å². The van der Waals surface area contributed by atoms with Crippen LogP contribution in [0.2, 0.25) is 0 Å². The Morgan fingerprint density at radius 3 is 2.61 bits per heavy atom. The number of nitrogens with zero attached hydrogens (tertiary/aromatic N) is 1. The number of piperidine rings is 1. The van der Waals surface area contributed by atoms with E-state index in [0.717, 1.165) is 40.5 Å². The van der Waals surface area contributed by atoms with Gasteiger partial charge in [0.2, 0.25) is 11.8 Å². The van der Waals surface area contributed by atoms with Gasteiger partial charge in [-0.3, -0.25) is 9.59 Å². The molecule has 31 heavy (non-hydrogen) atoms. The molecular weight excluding hydrogens is 388 g/mol. The number of rotatable bonds is 6. The number of methoxy groups -OCH3 is 1. The summed E-state index contributed by atoms with van der Waals surface area (Å²) in [6, 6.07) is 21.9. The van der Waals surface area contributed by atoms with Crippen LogP contribution >= 0.6 is 0 Å². The Balaban J connectivity index is 1.37. The number of fused-ring (bicyclic) bond motifs is 1. The number of likely N-dealkylation sites (tertiary alicyclic amines) is 1. The Morgan fingerprint density at radius 1 is 1.00 bits per heavy atom. The van der Waals surface area contributed by atoms with Crippen molar-refractivity contribution in [2.45, 2.75) is 25.8 Å². The quantitative estimate of drug-likeness (QED) is 0.662. The number of hydrogen-bond donors (Lipinski definition) is 1. The van der Waals surface area contributed by atoms with Gasteiger partial charge in [-0.1, -0.05) is 60.7 Å². The maximum atomic E-state index is 13.0. The van der Waals surface area contributed by atoms with Gasteiger partial charge in [0.05, 0.1) is 19.4 Å². The summed E-state index contributed by atoms with van der Waals surface area (Å²) in [7, 11) is 1.63. The normalized spacial score (nSPS) is 16.2. The molecule has 0 aromatic heterocycles. The van der Waals surface area contributed by atoms with Crippen LogP contribution in [0.3, 0.4) is 0 Å². The maximum Gasteiger partial charge on any atom is 0.227 e. The van der Waals surface area contributed by atoms with E-state index >= 15 is 0 Å². The van der Waals surface area contributed by atoms with E-state index < -0.39 is 0 Å². The third-order valence-electron chi connectivity index (χ3n) is 6.01. The highest BCUT2D eigenvalue weighted by molar-refractivity contribution is 5.90. The predicted octanol–water partition coefficient (Wildman–Crippen LogP) is 3.95. The topological polar surface area (TPSA) is 58.6 Å². The summed E-state index contributed by atoms with van der Waals surface area (Å²) in [6.45, 7) is 1.60. The molecule has 0 aliphatic carbocycles. The zero-order chi connectivity index (χ0) is 21.6. The van der Waals surface area contributed by atoms with E-state index in [4.69, 9.17) is 4.74 Å². The zero-order valence-electron chi connectivity index (χ0n) is 17.8. The fourth-order valence-corrected chi connectivity index (χ4v) is 4.31. The monoisotopic (exact) mass is 416 g/mol. The van der Waals surface area contributed by atoms with Crippen LogP contribution in [-0.2, 0) is 22.6 Å². The summed E-state index contributed by atoms with van der Waals surface area (Å²) in [4.78, 5) is 27.6. The molecule has 0 radical (unpaired) electrons. The Hall–Kier alpha value is -3.34. The van der Waals surface area contributed by atoms with Crippen molar-refractivity contribution in [2.24, 2.45) is 5.92 Å². The lowest BCUT2D eigenvalue weighted by molar-refractivity contribution is -0.135. The molecule has 5 heteroatoms. The summed E-state index contributed by atoms with van der Waals surface area (Å²) in [6.07, 6.45) is 2.00. The lowest BCUT2D eigenvalue weighted by atomic mass is 9.95. The lowest BCUT2D eigenvalue weighted by Crippen LogP contribution is -2.45. The van der Waals surface area contributed by atoms with E-state index in [-0.39, 0.29) is 17.7 Å². The number of carbonyl (C=O) groups excluding carboxylic acids is 2. The third-order valence-corrected chi connectivity index (χ3v) is 6.01. The standard InChI is InChI=1S/C26H28N2O3/c1-31-24-14-5-3-9-21(24)17-27-26(30)22-12-7-15-28(18-22)25(29)16-20-11-6-10-19-8-2-4-13-23(19)20/h2-6,8-11,13-14,22H,7,12,15-18H2,1H3,(H,27,30)/t22-/m0/s1. The molecular formula is C26H28N2O3. The van der Waals surface area contributed by atoms with Crippen molar-refractivity contribution in [3.8, 4) is 5.75 Å². The van der Waals surface area contributed by atoms with Crippen LogP contribution in [0.15, 0.2) is 66.7 Å². The second-order valence-electron chi connectivity index (χ2n) is 8.02. The zero-order valence-corrected chi connectivity index (χ0v) is 17.8. The summed E-state index contributed by atoms with van der Waals surface area (Å²) in [5, 5.41) is 5.27. The van der Waals surface area contributed by atoms with E-state index in [1.165, 1.54) is 0 Å². The number of benzene rings is 3. The van der Waals surface area contributed by atoms with Gasteiger partial charge in [-0.05, 0) is 35.2 Å². The third kappa shape index (κ3) is 4.88. The summed E-state index contributed by atoms with van der Waals surface area (Å²) >= 11 is 0. The predicted molar refractivity (Wildman–Crippen MR) is 122 cm³/mol. The van der Waals surface area contributed by atoms with Crippen molar-refractivity contribution in [3.05, 3.63) is 77.9 Å². The van der Waals surface area contributed by atoms with Crippen molar-refractivity contribution in [3.63, 3.8) is 0 Å². The first-order chi connectivity index (χ1) is 15.2. The van der Waals surface area contributed by atoms with Gasteiger partial charge in [0.25, 0.3) is 0 Å². The first-order valence-electron chi connectivity index (χ1n) is 10.8. The van der Waals surface area contributed by atoms with Gasteiger partial charge in [-0.25, -0.2) is 0 Å². The molecule has 2 amide bonds. The van der Waals surface area contributed by atoms with Crippen molar-refractivity contribution < 1.29 is 14.3 Å². The van der Waals surface area contributed by atoms with Crippen LogP contribution in [0, 0.1) is 5.92 Å².